The predicted octanol–water partition coefficient (Wildman–Crippen LogP) is 5.13. The monoisotopic (exact) mass is 372 g/mol. The second-order valence-corrected chi connectivity index (χ2v) is 7.17. The number of nitrogens with one attached hydrogen (secondary N) is 1. The van der Waals surface area contributed by atoms with Crippen molar-refractivity contribution in [2.45, 2.75) is 44.9 Å². The lowest BCUT2D eigenvalue weighted by Crippen LogP contribution is -2.20. The number of rotatable bonds is 3. The fourth-order valence-electron chi connectivity index (χ4n) is 3.62. The van der Waals surface area contributed by atoms with E-state index in [0.29, 0.717) is 11.3 Å². The SMILES string of the molecule is O=C(NN=C1CCCCCCC1)c1cc(-c2ccccn2)nc2ccccc12. The lowest BCUT2D eigenvalue weighted by Gasteiger charge is -2.12. The molecule has 3 aromatic rings. The van der Waals surface area contributed by atoms with Gasteiger partial charge in [0.15, 0.2) is 0 Å². The van der Waals surface area contributed by atoms with Gasteiger partial charge < -0.3 is 0 Å². The first-order chi connectivity index (χ1) is 13.8. The second-order valence-electron chi connectivity index (χ2n) is 7.17. The van der Waals surface area contributed by atoms with Crippen LogP contribution in [0.5, 0.6) is 0 Å². The number of hydrazone groups is 1. The Labute approximate surface area is 164 Å². The molecule has 4 rings (SSSR count). The van der Waals surface area contributed by atoms with E-state index >= 15 is 0 Å². The van der Waals surface area contributed by atoms with E-state index in [2.05, 4.69) is 20.5 Å². The van der Waals surface area contributed by atoms with Crippen molar-refractivity contribution in [2.24, 2.45) is 5.10 Å². The van der Waals surface area contributed by atoms with Crippen molar-refractivity contribution in [2.75, 3.05) is 0 Å². The molecule has 1 fully saturated rings. The van der Waals surface area contributed by atoms with Gasteiger partial charge in [-0.2, -0.15) is 5.10 Å². The van der Waals surface area contributed by atoms with E-state index in [1.807, 2.05) is 42.5 Å². The molecule has 1 aromatic carbocycles. The third-order valence-corrected chi connectivity index (χ3v) is 5.13. The van der Waals surface area contributed by atoms with Crippen LogP contribution < -0.4 is 5.43 Å². The zero-order valence-corrected chi connectivity index (χ0v) is 15.9. The molecule has 1 saturated carbocycles. The lowest BCUT2D eigenvalue weighted by atomic mass is 9.99. The van der Waals surface area contributed by atoms with Crippen LogP contribution in [0.25, 0.3) is 22.3 Å². The van der Waals surface area contributed by atoms with Crippen LogP contribution in [-0.4, -0.2) is 21.6 Å². The Hall–Kier alpha value is -3.08. The van der Waals surface area contributed by atoms with Crippen LogP contribution in [0.3, 0.4) is 0 Å². The van der Waals surface area contributed by atoms with Gasteiger partial charge in [0, 0.05) is 17.3 Å². The Morgan fingerprint density at radius 3 is 2.43 bits per heavy atom. The molecule has 28 heavy (non-hydrogen) atoms. The van der Waals surface area contributed by atoms with Gasteiger partial charge in [0.05, 0.1) is 22.5 Å². The summed E-state index contributed by atoms with van der Waals surface area (Å²) in [5.74, 6) is -0.203. The van der Waals surface area contributed by atoms with Crippen LogP contribution in [0.2, 0.25) is 0 Å². The lowest BCUT2D eigenvalue weighted by molar-refractivity contribution is 0.0956. The summed E-state index contributed by atoms with van der Waals surface area (Å²) in [6, 6.07) is 15.2. The van der Waals surface area contributed by atoms with Crippen LogP contribution in [0.1, 0.15) is 55.3 Å². The molecule has 0 spiro atoms. The van der Waals surface area contributed by atoms with Gasteiger partial charge in [0.1, 0.15) is 0 Å². The number of hydrogen-bond donors (Lipinski definition) is 1. The molecular weight excluding hydrogens is 348 g/mol. The zero-order valence-electron chi connectivity index (χ0n) is 15.9. The molecule has 0 aliphatic heterocycles. The second kappa shape index (κ2) is 8.74. The van der Waals surface area contributed by atoms with Gasteiger partial charge in [-0.1, -0.05) is 43.5 Å². The summed E-state index contributed by atoms with van der Waals surface area (Å²) in [6.07, 6.45) is 9.76. The molecule has 0 atom stereocenters. The fraction of sp³-hybridized carbons (Fsp3) is 0.304. The van der Waals surface area contributed by atoms with E-state index < -0.39 is 0 Å². The van der Waals surface area contributed by atoms with Crippen molar-refractivity contribution < 1.29 is 4.79 Å². The number of amides is 1. The van der Waals surface area contributed by atoms with Crippen LogP contribution in [0.4, 0.5) is 0 Å². The third kappa shape index (κ3) is 4.25. The fourth-order valence-corrected chi connectivity index (χ4v) is 3.62. The highest BCUT2D eigenvalue weighted by molar-refractivity contribution is 6.07. The van der Waals surface area contributed by atoms with Crippen molar-refractivity contribution in [3.8, 4) is 11.4 Å². The number of para-hydroxylation sites is 1. The van der Waals surface area contributed by atoms with E-state index in [4.69, 9.17) is 0 Å². The Bertz CT molecular complexity index is 988. The van der Waals surface area contributed by atoms with Gasteiger partial charge in [0.25, 0.3) is 5.91 Å². The summed E-state index contributed by atoms with van der Waals surface area (Å²) in [7, 11) is 0. The van der Waals surface area contributed by atoms with Crippen LogP contribution >= 0.6 is 0 Å². The van der Waals surface area contributed by atoms with E-state index in [-0.39, 0.29) is 5.91 Å². The van der Waals surface area contributed by atoms with E-state index in [0.717, 1.165) is 48.0 Å². The van der Waals surface area contributed by atoms with Gasteiger partial charge in [-0.25, -0.2) is 10.4 Å². The molecule has 2 aromatic heterocycles. The topological polar surface area (TPSA) is 67.2 Å². The number of aromatic nitrogens is 2. The van der Waals surface area contributed by atoms with Crippen LogP contribution in [0.15, 0.2) is 59.8 Å². The number of pyridine rings is 2. The maximum atomic E-state index is 13.0. The maximum absolute atomic E-state index is 13.0. The summed E-state index contributed by atoms with van der Waals surface area (Å²) in [4.78, 5) is 22.0. The highest BCUT2D eigenvalue weighted by atomic mass is 16.2. The van der Waals surface area contributed by atoms with Gasteiger partial charge in [-0.15, -0.1) is 0 Å². The van der Waals surface area contributed by atoms with E-state index in [1.165, 1.54) is 19.3 Å². The maximum Gasteiger partial charge on any atom is 0.272 e. The summed E-state index contributed by atoms with van der Waals surface area (Å²) in [6.45, 7) is 0. The van der Waals surface area contributed by atoms with Crippen LogP contribution in [0, 0.1) is 0 Å². The molecule has 1 aliphatic carbocycles. The van der Waals surface area contributed by atoms with Gasteiger partial charge in [0.2, 0.25) is 0 Å². The van der Waals surface area contributed by atoms with Gasteiger partial charge in [-0.05, 0) is 49.9 Å². The van der Waals surface area contributed by atoms with Crippen molar-refractivity contribution in [1.29, 1.82) is 0 Å². The first kappa shape index (κ1) is 18.3. The van der Waals surface area contributed by atoms with Crippen LogP contribution in [-0.2, 0) is 0 Å². The average molecular weight is 372 g/mol. The number of hydrogen-bond acceptors (Lipinski definition) is 4. The average Bonchev–Trinajstić information content (AvgIpc) is 2.72. The van der Waals surface area contributed by atoms with Crippen molar-refractivity contribution in [1.82, 2.24) is 15.4 Å². The number of carbonyl (C=O) groups is 1. The molecule has 5 heteroatoms. The van der Waals surface area contributed by atoms with Gasteiger partial charge >= 0.3 is 0 Å². The minimum atomic E-state index is -0.203. The summed E-state index contributed by atoms with van der Waals surface area (Å²) in [5, 5.41) is 5.27. The Morgan fingerprint density at radius 1 is 0.893 bits per heavy atom. The number of benzene rings is 1. The molecule has 0 unspecified atom stereocenters. The molecule has 1 N–H and O–H groups in total. The molecule has 1 aliphatic rings. The Morgan fingerprint density at radius 2 is 1.64 bits per heavy atom. The number of fused-ring (bicyclic) bond motifs is 1. The third-order valence-electron chi connectivity index (χ3n) is 5.13. The molecular formula is C23H24N4O. The van der Waals surface area contributed by atoms with Gasteiger partial charge in [-0.3, -0.25) is 9.78 Å². The largest absolute Gasteiger partial charge is 0.272 e. The van der Waals surface area contributed by atoms with E-state index in [9.17, 15) is 4.79 Å². The molecule has 142 valence electrons. The summed E-state index contributed by atoms with van der Waals surface area (Å²) in [5.41, 5.74) is 6.65. The molecule has 1 amide bonds. The first-order valence-corrected chi connectivity index (χ1v) is 9.98. The number of nitrogens with zero attached hydrogens (tertiary/aromatic N) is 3. The number of carbonyl (C=O) groups excluding carboxylic acids is 1. The highest BCUT2D eigenvalue weighted by Gasteiger charge is 2.14. The highest BCUT2D eigenvalue weighted by Crippen LogP contribution is 2.23. The summed E-state index contributed by atoms with van der Waals surface area (Å²) < 4.78 is 0. The Kier molecular flexibility index (Phi) is 5.71. The molecule has 2 heterocycles. The van der Waals surface area contributed by atoms with Crippen molar-refractivity contribution >= 4 is 22.5 Å². The predicted molar refractivity (Wildman–Crippen MR) is 112 cm³/mol. The molecule has 0 saturated heterocycles. The zero-order chi connectivity index (χ0) is 19.2. The standard InChI is InChI=1S/C23H24N4O/c28-23(27-26-17-10-4-2-1-3-5-11-17)19-16-22(21-14-8-9-15-24-21)25-20-13-7-6-12-18(19)20/h6-9,12-16H,1-5,10-11H2,(H,27,28). The normalized spacial score (nSPS) is 14.9. The van der Waals surface area contributed by atoms with Crippen molar-refractivity contribution in [3.05, 3.63) is 60.3 Å². The molecule has 0 bridgehead atoms. The molecule has 5 nitrogen and oxygen atoms in total. The minimum absolute atomic E-state index is 0.203. The smallest absolute Gasteiger partial charge is 0.267 e. The molecule has 0 radical (unpaired) electrons. The first-order valence-electron chi connectivity index (χ1n) is 9.98. The van der Waals surface area contributed by atoms with Crippen molar-refractivity contribution in [3.63, 3.8) is 0 Å². The minimum Gasteiger partial charge on any atom is -0.267 e. The Balaban J connectivity index is 1.65. The summed E-state index contributed by atoms with van der Waals surface area (Å²) >= 11 is 0. The van der Waals surface area contributed by atoms with E-state index in [1.54, 1.807) is 12.3 Å². The quantitative estimate of drug-likeness (QED) is 0.648.